The van der Waals surface area contributed by atoms with Crippen LogP contribution >= 0.6 is 0 Å². The minimum atomic E-state index is -5.15. The second-order valence-electron chi connectivity index (χ2n) is 6.48. The maximum Gasteiger partial charge on any atom is 0.471 e. The molecular weight excluding hydrogens is 405 g/mol. The number of halogens is 3. The number of aliphatic hydroxyl groups excluding tert-OH is 2. The lowest BCUT2D eigenvalue weighted by Crippen LogP contribution is -2.54. The SMILES string of the molecule is Cc1cn([C@H]2CC(O)[C@](CO)(CNC(=O)CNC(=O)C(F)(F)F)O2)c(=O)[nH]c1=O. The number of nitrogens with zero attached hydrogens (tertiary/aromatic N) is 1. The first-order chi connectivity index (χ1) is 13.4. The molecule has 1 aromatic rings. The number of H-pyrrole nitrogens is 1. The predicted molar refractivity (Wildman–Crippen MR) is 88.7 cm³/mol. The zero-order chi connectivity index (χ0) is 22.0. The van der Waals surface area contributed by atoms with Crippen LogP contribution < -0.4 is 21.9 Å². The van der Waals surface area contributed by atoms with Gasteiger partial charge in [0.15, 0.2) is 0 Å². The highest BCUT2D eigenvalue weighted by molar-refractivity contribution is 5.87. The van der Waals surface area contributed by atoms with Gasteiger partial charge in [0.25, 0.3) is 5.56 Å². The second kappa shape index (κ2) is 8.34. The molecule has 0 aromatic carbocycles. The van der Waals surface area contributed by atoms with Crippen molar-refractivity contribution < 1.29 is 37.7 Å². The van der Waals surface area contributed by atoms with Crippen molar-refractivity contribution in [2.45, 2.75) is 37.5 Å². The highest BCUT2D eigenvalue weighted by atomic mass is 19.4. The molecule has 3 atom stereocenters. The second-order valence-corrected chi connectivity index (χ2v) is 6.48. The average Bonchev–Trinajstić information content (AvgIpc) is 2.96. The fraction of sp³-hybridized carbons (Fsp3) is 0.600. The van der Waals surface area contributed by atoms with Crippen LogP contribution in [0.3, 0.4) is 0 Å². The van der Waals surface area contributed by atoms with E-state index in [1.54, 1.807) is 0 Å². The Morgan fingerprint density at radius 3 is 2.62 bits per heavy atom. The minimum absolute atomic E-state index is 0.174. The summed E-state index contributed by atoms with van der Waals surface area (Å²) in [7, 11) is 0. The van der Waals surface area contributed by atoms with Gasteiger partial charge in [-0.05, 0) is 6.92 Å². The number of rotatable bonds is 6. The van der Waals surface area contributed by atoms with Crippen molar-refractivity contribution in [3.8, 4) is 0 Å². The van der Waals surface area contributed by atoms with Gasteiger partial charge in [-0.2, -0.15) is 13.2 Å². The summed E-state index contributed by atoms with van der Waals surface area (Å²) in [4.78, 5) is 47.9. The summed E-state index contributed by atoms with van der Waals surface area (Å²) in [5, 5.41) is 23.5. The van der Waals surface area contributed by atoms with Crippen LogP contribution in [-0.2, 0) is 14.3 Å². The van der Waals surface area contributed by atoms with Crippen LogP contribution in [0.15, 0.2) is 15.8 Å². The van der Waals surface area contributed by atoms with Gasteiger partial charge in [-0.25, -0.2) is 4.79 Å². The summed E-state index contributed by atoms with van der Waals surface area (Å²) in [5.41, 5.74) is -2.98. The summed E-state index contributed by atoms with van der Waals surface area (Å²) in [5.74, 6) is -3.32. The normalized spacial score (nSPS) is 24.3. The Morgan fingerprint density at radius 2 is 2.03 bits per heavy atom. The molecule has 5 N–H and O–H groups in total. The van der Waals surface area contributed by atoms with E-state index in [4.69, 9.17) is 4.74 Å². The molecule has 11 nitrogen and oxygen atoms in total. The minimum Gasteiger partial charge on any atom is -0.393 e. The number of alkyl halides is 3. The molecule has 2 heterocycles. The van der Waals surface area contributed by atoms with E-state index >= 15 is 0 Å². The van der Waals surface area contributed by atoms with Crippen molar-refractivity contribution in [3.05, 3.63) is 32.6 Å². The smallest absolute Gasteiger partial charge is 0.393 e. The Kier molecular flexibility index (Phi) is 6.50. The molecule has 0 spiro atoms. The zero-order valence-corrected chi connectivity index (χ0v) is 15.1. The van der Waals surface area contributed by atoms with Crippen molar-refractivity contribution >= 4 is 11.8 Å². The van der Waals surface area contributed by atoms with Crippen LogP contribution in [0.4, 0.5) is 13.2 Å². The summed E-state index contributed by atoms with van der Waals surface area (Å²) < 4.78 is 42.9. The molecule has 2 rings (SSSR count). The quantitative estimate of drug-likeness (QED) is 0.341. The molecule has 14 heteroatoms. The number of aromatic amines is 1. The fourth-order valence-corrected chi connectivity index (χ4v) is 2.70. The topological polar surface area (TPSA) is 163 Å². The fourth-order valence-electron chi connectivity index (χ4n) is 2.70. The Bertz CT molecular complexity index is 897. The lowest BCUT2D eigenvalue weighted by atomic mass is 9.97. The van der Waals surface area contributed by atoms with Gasteiger partial charge in [-0.1, -0.05) is 0 Å². The molecule has 1 fully saturated rings. The van der Waals surface area contributed by atoms with E-state index in [9.17, 15) is 42.6 Å². The zero-order valence-electron chi connectivity index (χ0n) is 15.1. The molecule has 1 aliphatic heterocycles. The van der Waals surface area contributed by atoms with Gasteiger partial charge in [0.1, 0.15) is 11.8 Å². The van der Waals surface area contributed by atoms with Gasteiger partial charge in [-0.15, -0.1) is 0 Å². The third-order valence-electron chi connectivity index (χ3n) is 4.38. The summed E-state index contributed by atoms with van der Waals surface area (Å²) in [6.07, 6.45) is -6.56. The van der Waals surface area contributed by atoms with Crippen molar-refractivity contribution in [3.63, 3.8) is 0 Å². The van der Waals surface area contributed by atoms with Gasteiger partial charge in [0.05, 0.1) is 25.8 Å². The Balaban J connectivity index is 2.05. The van der Waals surface area contributed by atoms with Crippen LogP contribution in [0.1, 0.15) is 18.2 Å². The number of hydrogen-bond donors (Lipinski definition) is 5. The molecule has 0 saturated carbocycles. The standard InChI is InChI=1S/C15H19F3N4O7/c1-7-4-22(13(28)21-11(7)26)10-2-8(24)14(6-23,29-10)5-20-9(25)3-19-12(27)15(16,17)18/h4,8,10,23-24H,2-3,5-6H2,1H3,(H,19,27)(H,20,25)(H,21,26,28)/t8?,10-,14-/m1/s1. The maximum atomic E-state index is 12.1. The average molecular weight is 424 g/mol. The largest absolute Gasteiger partial charge is 0.471 e. The molecular formula is C15H19F3N4O7. The molecule has 1 aromatic heterocycles. The first-order valence-corrected chi connectivity index (χ1v) is 8.30. The van der Waals surface area contributed by atoms with Crippen molar-refractivity contribution in [2.75, 3.05) is 19.7 Å². The monoisotopic (exact) mass is 424 g/mol. The molecule has 0 radical (unpaired) electrons. The van der Waals surface area contributed by atoms with Crippen molar-refractivity contribution in [2.24, 2.45) is 0 Å². The third kappa shape index (κ3) is 5.02. The number of aromatic nitrogens is 2. The van der Waals surface area contributed by atoms with Crippen LogP contribution in [0.5, 0.6) is 0 Å². The number of nitrogens with one attached hydrogen (secondary N) is 3. The van der Waals surface area contributed by atoms with E-state index in [0.29, 0.717) is 0 Å². The van der Waals surface area contributed by atoms with E-state index in [1.807, 2.05) is 0 Å². The van der Waals surface area contributed by atoms with Crippen LogP contribution in [0.2, 0.25) is 0 Å². The number of hydrogen-bond acceptors (Lipinski definition) is 7. The van der Waals surface area contributed by atoms with Crippen molar-refractivity contribution in [1.82, 2.24) is 20.2 Å². The van der Waals surface area contributed by atoms with E-state index in [1.165, 1.54) is 18.4 Å². The van der Waals surface area contributed by atoms with Crippen LogP contribution in [0.25, 0.3) is 0 Å². The molecule has 1 unspecified atom stereocenters. The Labute approximate surface area is 160 Å². The first kappa shape index (κ1) is 22.6. The van der Waals surface area contributed by atoms with E-state index in [2.05, 4.69) is 10.3 Å². The Hall–Kier alpha value is -2.71. The molecule has 2 amide bonds. The number of aliphatic hydroxyl groups is 2. The maximum absolute atomic E-state index is 12.1. The van der Waals surface area contributed by atoms with Crippen LogP contribution in [0, 0.1) is 6.92 Å². The van der Waals surface area contributed by atoms with Gasteiger partial charge in [-0.3, -0.25) is 23.9 Å². The van der Waals surface area contributed by atoms with Gasteiger partial charge >= 0.3 is 17.8 Å². The highest BCUT2D eigenvalue weighted by Gasteiger charge is 2.49. The molecule has 0 bridgehead atoms. The number of carbonyl (C=O) groups excluding carboxylic acids is 2. The molecule has 1 aliphatic rings. The van der Waals surface area contributed by atoms with Gasteiger partial charge in [0, 0.05) is 18.2 Å². The van der Waals surface area contributed by atoms with E-state index < -0.39 is 66.9 Å². The third-order valence-corrected chi connectivity index (χ3v) is 4.38. The first-order valence-electron chi connectivity index (χ1n) is 8.30. The van der Waals surface area contributed by atoms with Crippen LogP contribution in [-0.4, -0.2) is 69.2 Å². The summed E-state index contributed by atoms with van der Waals surface area (Å²) in [6, 6.07) is 0. The molecule has 162 valence electrons. The number of carbonyl (C=O) groups is 2. The Morgan fingerprint density at radius 1 is 1.38 bits per heavy atom. The molecule has 0 aliphatic carbocycles. The number of amides is 2. The van der Waals surface area contributed by atoms with Gasteiger partial charge < -0.3 is 25.6 Å². The van der Waals surface area contributed by atoms with E-state index in [-0.39, 0.29) is 12.0 Å². The van der Waals surface area contributed by atoms with Gasteiger partial charge in [0.2, 0.25) is 5.91 Å². The lowest BCUT2D eigenvalue weighted by Gasteiger charge is -2.30. The lowest BCUT2D eigenvalue weighted by molar-refractivity contribution is -0.173. The number of ether oxygens (including phenoxy) is 1. The summed E-state index contributed by atoms with van der Waals surface area (Å²) >= 11 is 0. The molecule has 1 saturated heterocycles. The predicted octanol–water partition coefficient (Wildman–Crippen LogP) is -2.35. The highest BCUT2D eigenvalue weighted by Crippen LogP contribution is 2.35. The molecule has 29 heavy (non-hydrogen) atoms. The van der Waals surface area contributed by atoms with E-state index in [0.717, 1.165) is 4.57 Å². The summed E-state index contributed by atoms with van der Waals surface area (Å²) in [6.45, 7) is -0.858. The van der Waals surface area contributed by atoms with Crippen molar-refractivity contribution in [1.29, 1.82) is 0 Å². The number of aryl methyl sites for hydroxylation is 1.